The van der Waals surface area contributed by atoms with Crippen LogP contribution in [-0.4, -0.2) is 0 Å². The first-order valence-electron chi connectivity index (χ1n) is 5.77. The van der Waals surface area contributed by atoms with E-state index < -0.39 is 0 Å². The summed E-state index contributed by atoms with van der Waals surface area (Å²) in [5, 5.41) is 0. The van der Waals surface area contributed by atoms with Crippen LogP contribution < -0.4 is 10.5 Å². The van der Waals surface area contributed by atoms with Crippen molar-refractivity contribution in [2.45, 2.75) is 27.0 Å². The Morgan fingerprint density at radius 3 is 2.72 bits per heavy atom. The molecule has 0 amide bonds. The number of halogens is 1. The van der Waals surface area contributed by atoms with Crippen molar-refractivity contribution in [2.75, 3.05) is 0 Å². The third-order valence-electron chi connectivity index (χ3n) is 2.81. The molecule has 3 nitrogen and oxygen atoms in total. The SMILES string of the molecule is Cc1ccc(Br)cc1OCc1cc(CN)c(C)o1. The lowest BCUT2D eigenvalue weighted by Gasteiger charge is -2.07. The largest absolute Gasteiger partial charge is 0.485 e. The Labute approximate surface area is 115 Å². The van der Waals surface area contributed by atoms with Gasteiger partial charge in [-0.1, -0.05) is 22.0 Å². The van der Waals surface area contributed by atoms with Gasteiger partial charge in [0.2, 0.25) is 0 Å². The Hall–Kier alpha value is -1.26. The van der Waals surface area contributed by atoms with Gasteiger partial charge in [0.1, 0.15) is 23.9 Å². The highest BCUT2D eigenvalue weighted by Gasteiger charge is 2.07. The number of furan rings is 1. The van der Waals surface area contributed by atoms with Crippen LogP contribution in [0, 0.1) is 13.8 Å². The third kappa shape index (κ3) is 2.94. The molecule has 0 aliphatic carbocycles. The van der Waals surface area contributed by atoms with E-state index in [1.807, 2.05) is 38.1 Å². The maximum absolute atomic E-state index is 5.75. The molecule has 1 aromatic carbocycles. The molecule has 0 fully saturated rings. The van der Waals surface area contributed by atoms with Gasteiger partial charge >= 0.3 is 0 Å². The highest BCUT2D eigenvalue weighted by Crippen LogP contribution is 2.24. The molecule has 0 aliphatic heterocycles. The van der Waals surface area contributed by atoms with Crippen LogP contribution in [0.25, 0.3) is 0 Å². The predicted octanol–water partition coefficient (Wildman–Crippen LogP) is 3.70. The van der Waals surface area contributed by atoms with Gasteiger partial charge in [0.05, 0.1) is 0 Å². The minimum Gasteiger partial charge on any atom is -0.485 e. The topological polar surface area (TPSA) is 48.4 Å². The van der Waals surface area contributed by atoms with Crippen molar-refractivity contribution < 1.29 is 9.15 Å². The Morgan fingerprint density at radius 1 is 1.28 bits per heavy atom. The molecular formula is C14H16BrNO2. The van der Waals surface area contributed by atoms with Gasteiger partial charge in [-0.15, -0.1) is 0 Å². The summed E-state index contributed by atoms with van der Waals surface area (Å²) in [5.74, 6) is 2.52. The lowest BCUT2D eigenvalue weighted by atomic mass is 10.2. The van der Waals surface area contributed by atoms with E-state index in [-0.39, 0.29) is 0 Å². The first kappa shape index (κ1) is 13.2. The normalized spacial score (nSPS) is 10.7. The van der Waals surface area contributed by atoms with E-state index in [1.54, 1.807) is 0 Å². The van der Waals surface area contributed by atoms with Gasteiger partial charge in [-0.25, -0.2) is 0 Å². The van der Waals surface area contributed by atoms with Crippen molar-refractivity contribution in [3.63, 3.8) is 0 Å². The number of benzene rings is 1. The summed E-state index contributed by atoms with van der Waals surface area (Å²) < 4.78 is 12.3. The highest BCUT2D eigenvalue weighted by molar-refractivity contribution is 9.10. The average Bonchev–Trinajstić information content (AvgIpc) is 2.71. The van der Waals surface area contributed by atoms with E-state index >= 15 is 0 Å². The molecular weight excluding hydrogens is 294 g/mol. The van der Waals surface area contributed by atoms with Crippen LogP contribution in [0.15, 0.2) is 33.2 Å². The zero-order valence-electron chi connectivity index (χ0n) is 10.5. The fraction of sp³-hybridized carbons (Fsp3) is 0.286. The Morgan fingerprint density at radius 2 is 2.06 bits per heavy atom. The summed E-state index contributed by atoms with van der Waals surface area (Å²) in [6.07, 6.45) is 0. The summed E-state index contributed by atoms with van der Waals surface area (Å²) >= 11 is 3.43. The molecule has 0 bridgehead atoms. The van der Waals surface area contributed by atoms with Crippen molar-refractivity contribution in [3.8, 4) is 5.75 Å². The second-order valence-electron chi connectivity index (χ2n) is 4.20. The molecule has 0 aliphatic rings. The molecule has 0 saturated carbocycles. The molecule has 0 spiro atoms. The second kappa shape index (κ2) is 5.59. The molecule has 0 unspecified atom stereocenters. The molecule has 1 aromatic heterocycles. The van der Waals surface area contributed by atoms with Crippen LogP contribution in [0.4, 0.5) is 0 Å². The number of ether oxygens (including phenoxy) is 1. The maximum Gasteiger partial charge on any atom is 0.146 e. The van der Waals surface area contributed by atoms with Crippen molar-refractivity contribution in [2.24, 2.45) is 5.73 Å². The zero-order valence-corrected chi connectivity index (χ0v) is 12.1. The van der Waals surface area contributed by atoms with Gasteiger partial charge in [-0.3, -0.25) is 0 Å². The molecule has 2 N–H and O–H groups in total. The van der Waals surface area contributed by atoms with E-state index in [2.05, 4.69) is 15.9 Å². The number of hydrogen-bond acceptors (Lipinski definition) is 3. The van der Waals surface area contributed by atoms with Gasteiger partial charge < -0.3 is 14.9 Å². The molecule has 0 radical (unpaired) electrons. The van der Waals surface area contributed by atoms with Crippen LogP contribution in [-0.2, 0) is 13.2 Å². The summed E-state index contributed by atoms with van der Waals surface area (Å²) in [6.45, 7) is 4.83. The van der Waals surface area contributed by atoms with Crippen LogP contribution in [0.3, 0.4) is 0 Å². The standard InChI is InChI=1S/C14H16BrNO2/c1-9-3-4-12(15)6-14(9)17-8-13-5-11(7-16)10(2)18-13/h3-6H,7-8,16H2,1-2H3. The van der Waals surface area contributed by atoms with Gasteiger partial charge in [-0.05, 0) is 37.6 Å². The van der Waals surface area contributed by atoms with Crippen molar-refractivity contribution >= 4 is 15.9 Å². The second-order valence-corrected chi connectivity index (χ2v) is 5.11. The monoisotopic (exact) mass is 309 g/mol. The van der Waals surface area contributed by atoms with Gasteiger partial charge in [0.25, 0.3) is 0 Å². The minimum atomic E-state index is 0.415. The highest BCUT2D eigenvalue weighted by atomic mass is 79.9. The summed E-state index contributed by atoms with van der Waals surface area (Å²) in [6, 6.07) is 7.90. The van der Waals surface area contributed by atoms with E-state index in [1.165, 1.54) is 0 Å². The predicted molar refractivity (Wildman–Crippen MR) is 74.5 cm³/mol. The molecule has 2 rings (SSSR count). The zero-order chi connectivity index (χ0) is 13.1. The fourth-order valence-corrected chi connectivity index (χ4v) is 2.08. The van der Waals surface area contributed by atoms with Gasteiger partial charge in [0, 0.05) is 16.6 Å². The van der Waals surface area contributed by atoms with Crippen molar-refractivity contribution in [1.82, 2.24) is 0 Å². The first-order valence-corrected chi connectivity index (χ1v) is 6.56. The smallest absolute Gasteiger partial charge is 0.146 e. The van der Waals surface area contributed by atoms with Gasteiger partial charge in [0.15, 0.2) is 0 Å². The Balaban J connectivity index is 2.08. The number of hydrogen-bond donors (Lipinski definition) is 1. The van der Waals surface area contributed by atoms with Crippen LogP contribution in [0.2, 0.25) is 0 Å². The van der Waals surface area contributed by atoms with E-state index in [4.69, 9.17) is 14.9 Å². The quantitative estimate of drug-likeness (QED) is 0.937. The lowest BCUT2D eigenvalue weighted by molar-refractivity contribution is 0.266. The first-order chi connectivity index (χ1) is 8.60. The van der Waals surface area contributed by atoms with Crippen LogP contribution in [0.5, 0.6) is 5.75 Å². The summed E-state index contributed by atoms with van der Waals surface area (Å²) in [7, 11) is 0. The van der Waals surface area contributed by atoms with Crippen LogP contribution in [0.1, 0.15) is 22.6 Å². The minimum absolute atomic E-state index is 0.415. The molecule has 4 heteroatoms. The summed E-state index contributed by atoms with van der Waals surface area (Å²) in [4.78, 5) is 0. The van der Waals surface area contributed by atoms with E-state index in [0.29, 0.717) is 13.2 Å². The van der Waals surface area contributed by atoms with Crippen LogP contribution >= 0.6 is 15.9 Å². The van der Waals surface area contributed by atoms with Gasteiger partial charge in [-0.2, -0.15) is 0 Å². The Kier molecular flexibility index (Phi) is 4.09. The van der Waals surface area contributed by atoms with E-state index in [9.17, 15) is 0 Å². The molecule has 0 saturated heterocycles. The lowest BCUT2D eigenvalue weighted by Crippen LogP contribution is -1.96. The number of rotatable bonds is 4. The molecule has 1 heterocycles. The summed E-state index contributed by atoms with van der Waals surface area (Å²) in [5.41, 5.74) is 7.73. The fourth-order valence-electron chi connectivity index (χ4n) is 1.74. The number of aryl methyl sites for hydroxylation is 2. The van der Waals surface area contributed by atoms with E-state index in [0.717, 1.165) is 32.9 Å². The molecule has 2 aromatic rings. The van der Waals surface area contributed by atoms with Crippen molar-refractivity contribution in [1.29, 1.82) is 0 Å². The average molecular weight is 310 g/mol. The molecule has 0 atom stereocenters. The third-order valence-corrected chi connectivity index (χ3v) is 3.30. The molecule has 18 heavy (non-hydrogen) atoms. The molecule has 96 valence electrons. The number of nitrogens with two attached hydrogens (primary N) is 1. The Bertz CT molecular complexity index is 549. The maximum atomic E-state index is 5.75. The van der Waals surface area contributed by atoms with Crippen molar-refractivity contribution in [3.05, 3.63) is 51.4 Å².